The van der Waals surface area contributed by atoms with Gasteiger partial charge in [-0.2, -0.15) is 0 Å². The molecular formula is C13H12Br2N2O2S. The first-order chi connectivity index (χ1) is 9.47. The summed E-state index contributed by atoms with van der Waals surface area (Å²) >= 11 is 7.90. The van der Waals surface area contributed by atoms with Gasteiger partial charge in [-0.25, -0.2) is 0 Å². The van der Waals surface area contributed by atoms with E-state index < -0.39 is 0 Å². The third kappa shape index (κ3) is 3.80. The van der Waals surface area contributed by atoms with Crippen LogP contribution >= 0.6 is 43.2 Å². The molecule has 0 bridgehead atoms. The summed E-state index contributed by atoms with van der Waals surface area (Å²) in [5.74, 6) is -0.120. The van der Waals surface area contributed by atoms with Crippen LogP contribution in [0.15, 0.2) is 37.3 Å². The van der Waals surface area contributed by atoms with Gasteiger partial charge in [0, 0.05) is 33.0 Å². The zero-order chi connectivity index (χ0) is 14.7. The number of carbonyl (C=O) groups excluding carboxylic acids is 1. The summed E-state index contributed by atoms with van der Waals surface area (Å²) in [6.07, 6.45) is 0.264. The maximum Gasteiger partial charge on any atom is 0.307 e. The highest BCUT2D eigenvalue weighted by atomic mass is 79.9. The van der Waals surface area contributed by atoms with E-state index in [-0.39, 0.29) is 17.2 Å². The van der Waals surface area contributed by atoms with Crippen LogP contribution in [-0.2, 0) is 11.3 Å². The largest absolute Gasteiger partial charge is 0.325 e. The Balaban J connectivity index is 1.98. The van der Waals surface area contributed by atoms with Gasteiger partial charge in [0.1, 0.15) is 0 Å². The Morgan fingerprint density at radius 1 is 1.40 bits per heavy atom. The van der Waals surface area contributed by atoms with Crippen molar-refractivity contribution in [2.75, 3.05) is 5.32 Å². The first kappa shape index (κ1) is 15.5. The molecule has 0 saturated heterocycles. The fourth-order valence-corrected chi connectivity index (χ4v) is 3.60. The van der Waals surface area contributed by atoms with Crippen molar-refractivity contribution in [1.29, 1.82) is 0 Å². The summed E-state index contributed by atoms with van der Waals surface area (Å²) < 4.78 is 3.35. The van der Waals surface area contributed by atoms with Crippen molar-refractivity contribution in [3.05, 3.63) is 47.9 Å². The Bertz CT molecular complexity index is 694. The maximum atomic E-state index is 11.9. The summed E-state index contributed by atoms with van der Waals surface area (Å²) in [6, 6.07) is 5.53. The molecule has 0 aliphatic heterocycles. The topological polar surface area (TPSA) is 51.1 Å². The molecule has 106 valence electrons. The number of rotatable bonds is 4. The van der Waals surface area contributed by atoms with Gasteiger partial charge in [0.2, 0.25) is 5.91 Å². The second-order valence-electron chi connectivity index (χ2n) is 4.22. The molecule has 0 saturated carbocycles. The van der Waals surface area contributed by atoms with Crippen molar-refractivity contribution in [2.45, 2.75) is 19.9 Å². The Morgan fingerprint density at radius 2 is 2.15 bits per heavy atom. The smallest absolute Gasteiger partial charge is 0.307 e. The second-order valence-corrected chi connectivity index (χ2v) is 6.81. The quantitative estimate of drug-likeness (QED) is 0.819. The number of thiazole rings is 1. The van der Waals surface area contributed by atoms with Gasteiger partial charge in [0.05, 0.1) is 5.69 Å². The zero-order valence-electron chi connectivity index (χ0n) is 10.7. The molecule has 0 fully saturated rings. The highest BCUT2D eigenvalue weighted by Crippen LogP contribution is 2.26. The van der Waals surface area contributed by atoms with E-state index >= 15 is 0 Å². The zero-order valence-corrected chi connectivity index (χ0v) is 14.6. The normalized spacial score (nSPS) is 10.6. The van der Waals surface area contributed by atoms with E-state index in [1.165, 1.54) is 0 Å². The van der Waals surface area contributed by atoms with Gasteiger partial charge in [-0.05, 0) is 41.1 Å². The molecule has 4 nitrogen and oxygen atoms in total. The first-order valence-corrected chi connectivity index (χ1v) is 8.34. The highest BCUT2D eigenvalue weighted by Gasteiger charge is 2.08. The molecule has 1 amide bonds. The van der Waals surface area contributed by atoms with Gasteiger partial charge in [-0.15, -0.1) is 0 Å². The Kier molecular flexibility index (Phi) is 5.17. The summed E-state index contributed by atoms with van der Waals surface area (Å²) in [5.41, 5.74) is 1.60. The van der Waals surface area contributed by atoms with E-state index in [0.29, 0.717) is 12.2 Å². The second kappa shape index (κ2) is 6.69. The monoisotopic (exact) mass is 418 g/mol. The van der Waals surface area contributed by atoms with E-state index in [4.69, 9.17) is 0 Å². The number of carbonyl (C=O) groups is 1. The lowest BCUT2D eigenvalue weighted by atomic mass is 10.3. The molecule has 7 heteroatoms. The predicted octanol–water partition coefficient (Wildman–Crippen LogP) is 3.77. The third-order valence-electron chi connectivity index (χ3n) is 2.74. The van der Waals surface area contributed by atoms with Crippen molar-refractivity contribution in [3.63, 3.8) is 0 Å². The van der Waals surface area contributed by atoms with Crippen LogP contribution in [0.3, 0.4) is 0 Å². The Hall–Kier alpha value is -0.920. The lowest BCUT2D eigenvalue weighted by molar-refractivity contribution is -0.116. The minimum Gasteiger partial charge on any atom is -0.325 e. The average molecular weight is 420 g/mol. The summed E-state index contributed by atoms with van der Waals surface area (Å²) in [6.45, 7) is 2.26. The van der Waals surface area contributed by atoms with Gasteiger partial charge >= 0.3 is 4.87 Å². The average Bonchev–Trinajstić information content (AvgIpc) is 2.70. The number of hydrogen-bond donors (Lipinski definition) is 1. The van der Waals surface area contributed by atoms with Crippen molar-refractivity contribution >= 4 is 54.8 Å². The standard InChI is InChI=1S/C13H12Br2N2O2S/c1-8-7-20-13(19)17(8)5-4-12(18)16-11-3-2-9(14)6-10(11)15/h2-3,6-7H,4-5H2,1H3,(H,16,18). The molecule has 0 aliphatic rings. The molecule has 0 spiro atoms. The molecule has 0 atom stereocenters. The summed E-state index contributed by atoms with van der Waals surface area (Å²) in [7, 11) is 0. The fraction of sp³-hybridized carbons (Fsp3) is 0.231. The fourth-order valence-electron chi connectivity index (χ4n) is 1.69. The van der Waals surface area contributed by atoms with Gasteiger partial charge in [0.15, 0.2) is 0 Å². The highest BCUT2D eigenvalue weighted by molar-refractivity contribution is 9.11. The Morgan fingerprint density at radius 3 is 2.75 bits per heavy atom. The first-order valence-electron chi connectivity index (χ1n) is 5.87. The van der Waals surface area contributed by atoms with Crippen LogP contribution in [0.25, 0.3) is 0 Å². The molecule has 0 radical (unpaired) electrons. The van der Waals surface area contributed by atoms with E-state index in [1.54, 1.807) is 9.95 Å². The van der Waals surface area contributed by atoms with Crippen LogP contribution in [0.5, 0.6) is 0 Å². The molecule has 1 aromatic heterocycles. The number of nitrogens with one attached hydrogen (secondary N) is 1. The third-order valence-corrected chi connectivity index (χ3v) is 4.77. The van der Waals surface area contributed by atoms with Crippen LogP contribution in [0.4, 0.5) is 5.69 Å². The number of hydrogen-bond acceptors (Lipinski definition) is 3. The number of halogens is 2. The van der Waals surface area contributed by atoms with Gasteiger partial charge in [-0.3, -0.25) is 9.59 Å². The summed E-state index contributed by atoms with van der Waals surface area (Å²) in [4.78, 5) is 23.4. The molecule has 1 N–H and O–H groups in total. The molecular weight excluding hydrogens is 408 g/mol. The number of amides is 1. The molecule has 0 aliphatic carbocycles. The van der Waals surface area contributed by atoms with E-state index in [2.05, 4.69) is 37.2 Å². The molecule has 2 aromatic rings. The van der Waals surface area contributed by atoms with Crippen molar-refractivity contribution < 1.29 is 4.79 Å². The number of benzene rings is 1. The molecule has 1 aromatic carbocycles. The van der Waals surface area contributed by atoms with Crippen LogP contribution in [0, 0.1) is 6.92 Å². The van der Waals surface area contributed by atoms with Crippen LogP contribution < -0.4 is 10.2 Å². The minimum absolute atomic E-state index is 0.0277. The lowest BCUT2D eigenvalue weighted by Crippen LogP contribution is -2.20. The number of aromatic nitrogens is 1. The molecule has 20 heavy (non-hydrogen) atoms. The summed E-state index contributed by atoms with van der Waals surface area (Å²) in [5, 5.41) is 4.62. The molecule has 1 heterocycles. The molecule has 2 rings (SSSR count). The minimum atomic E-state index is -0.120. The van der Waals surface area contributed by atoms with E-state index in [9.17, 15) is 9.59 Å². The maximum absolute atomic E-state index is 11.9. The van der Waals surface area contributed by atoms with Gasteiger partial charge in [-0.1, -0.05) is 27.3 Å². The van der Waals surface area contributed by atoms with E-state index in [0.717, 1.165) is 26.0 Å². The van der Waals surface area contributed by atoms with Crippen molar-refractivity contribution in [1.82, 2.24) is 4.57 Å². The SMILES string of the molecule is Cc1csc(=O)n1CCC(=O)Nc1ccc(Br)cc1Br. The Labute approximate surface area is 137 Å². The van der Waals surface area contributed by atoms with Crippen molar-refractivity contribution in [3.8, 4) is 0 Å². The van der Waals surface area contributed by atoms with Crippen LogP contribution in [0.2, 0.25) is 0 Å². The lowest BCUT2D eigenvalue weighted by Gasteiger charge is -2.08. The van der Waals surface area contributed by atoms with Crippen LogP contribution in [0.1, 0.15) is 12.1 Å². The van der Waals surface area contributed by atoms with Crippen molar-refractivity contribution in [2.24, 2.45) is 0 Å². The number of nitrogens with zero attached hydrogens (tertiary/aromatic N) is 1. The van der Waals surface area contributed by atoms with Gasteiger partial charge < -0.3 is 9.88 Å². The van der Waals surface area contributed by atoms with E-state index in [1.807, 2.05) is 25.1 Å². The number of aryl methyl sites for hydroxylation is 1. The molecule has 0 unspecified atom stereocenters. The number of anilines is 1. The van der Waals surface area contributed by atoms with Crippen LogP contribution in [-0.4, -0.2) is 10.5 Å². The predicted molar refractivity (Wildman–Crippen MR) is 88.4 cm³/mol. The van der Waals surface area contributed by atoms with Gasteiger partial charge in [0.25, 0.3) is 0 Å².